The Morgan fingerprint density at radius 3 is 2.67 bits per heavy atom. The number of nitrogens with one attached hydrogen (secondary N) is 1. The minimum atomic E-state index is -0.0433. The van der Waals surface area contributed by atoms with Crippen molar-refractivity contribution in [3.05, 3.63) is 40.8 Å². The zero-order chi connectivity index (χ0) is 16.5. The predicted octanol–water partition coefficient (Wildman–Crippen LogP) is 3.56. The second kappa shape index (κ2) is 6.60. The first kappa shape index (κ1) is 15.7. The number of pyridine rings is 1. The van der Waals surface area contributed by atoms with Crippen molar-refractivity contribution in [2.45, 2.75) is 50.7 Å². The van der Waals surface area contributed by atoms with Crippen LogP contribution in [0.25, 0.3) is 10.8 Å². The van der Waals surface area contributed by atoms with E-state index in [2.05, 4.69) is 16.9 Å². The number of fused-ring (bicyclic) bond motifs is 1. The van der Waals surface area contributed by atoms with Crippen LogP contribution in [0.5, 0.6) is 5.75 Å². The van der Waals surface area contributed by atoms with Crippen LogP contribution in [-0.2, 0) is 0 Å². The molecule has 0 spiro atoms. The summed E-state index contributed by atoms with van der Waals surface area (Å²) >= 11 is 0. The number of nitrogens with zero attached hydrogens (tertiary/aromatic N) is 1. The van der Waals surface area contributed by atoms with Crippen molar-refractivity contribution in [3.8, 4) is 5.75 Å². The van der Waals surface area contributed by atoms with E-state index in [-0.39, 0.29) is 5.56 Å². The minimum absolute atomic E-state index is 0.0433. The van der Waals surface area contributed by atoms with Gasteiger partial charge in [0.05, 0.1) is 6.10 Å². The van der Waals surface area contributed by atoms with E-state index in [1.807, 2.05) is 24.3 Å². The van der Waals surface area contributed by atoms with Gasteiger partial charge in [0, 0.05) is 24.2 Å². The van der Waals surface area contributed by atoms with Crippen LogP contribution in [0.1, 0.15) is 38.5 Å². The zero-order valence-electron chi connectivity index (χ0n) is 14.3. The number of benzene rings is 1. The van der Waals surface area contributed by atoms with Gasteiger partial charge in [-0.3, -0.25) is 4.79 Å². The van der Waals surface area contributed by atoms with E-state index < -0.39 is 0 Å². The molecule has 0 saturated heterocycles. The highest BCUT2D eigenvalue weighted by Gasteiger charge is 2.29. The monoisotopic (exact) mass is 326 g/mol. The Bertz CT molecular complexity index is 758. The van der Waals surface area contributed by atoms with E-state index in [4.69, 9.17) is 4.74 Å². The summed E-state index contributed by atoms with van der Waals surface area (Å²) in [6.07, 6.45) is 9.52. The van der Waals surface area contributed by atoms with Crippen molar-refractivity contribution in [1.29, 1.82) is 0 Å². The van der Waals surface area contributed by atoms with Gasteiger partial charge in [0.1, 0.15) is 5.75 Å². The molecular formula is C20H26N2O2. The summed E-state index contributed by atoms with van der Waals surface area (Å²) in [5, 5.41) is 1.66. The molecule has 0 aliphatic heterocycles. The van der Waals surface area contributed by atoms with Crippen molar-refractivity contribution >= 4 is 10.8 Å². The van der Waals surface area contributed by atoms with Gasteiger partial charge in [-0.1, -0.05) is 0 Å². The molecule has 2 aromatic rings. The van der Waals surface area contributed by atoms with E-state index in [1.165, 1.54) is 32.2 Å². The Labute approximate surface area is 142 Å². The van der Waals surface area contributed by atoms with Crippen molar-refractivity contribution in [3.63, 3.8) is 0 Å². The molecule has 0 amide bonds. The first-order chi connectivity index (χ1) is 11.7. The number of aromatic nitrogens is 1. The molecule has 1 aromatic heterocycles. The first-order valence-corrected chi connectivity index (χ1v) is 9.17. The lowest BCUT2D eigenvalue weighted by atomic mass is 9.92. The van der Waals surface area contributed by atoms with Crippen LogP contribution in [0.3, 0.4) is 0 Å². The zero-order valence-corrected chi connectivity index (χ0v) is 14.3. The van der Waals surface area contributed by atoms with Crippen molar-refractivity contribution < 1.29 is 4.74 Å². The van der Waals surface area contributed by atoms with Gasteiger partial charge in [-0.25, -0.2) is 0 Å². The molecule has 0 unspecified atom stereocenters. The van der Waals surface area contributed by atoms with Crippen LogP contribution >= 0.6 is 0 Å². The average Bonchev–Trinajstić information content (AvgIpc) is 3.39. The van der Waals surface area contributed by atoms with E-state index in [1.54, 1.807) is 6.20 Å². The summed E-state index contributed by atoms with van der Waals surface area (Å²) in [6.45, 7) is 1.27. The van der Waals surface area contributed by atoms with E-state index in [0.717, 1.165) is 41.3 Å². The second-order valence-corrected chi connectivity index (χ2v) is 7.49. The topological polar surface area (TPSA) is 45.3 Å². The maximum Gasteiger partial charge on any atom is 0.255 e. The van der Waals surface area contributed by atoms with Crippen molar-refractivity contribution in [2.24, 2.45) is 5.92 Å². The SMILES string of the molecule is CN(CC1CC1)[C@H]1CC[C@H](Oc2ccc3c(=O)[nH]ccc3c2)CC1. The summed E-state index contributed by atoms with van der Waals surface area (Å²) in [4.78, 5) is 17.0. The minimum Gasteiger partial charge on any atom is -0.490 e. The highest BCUT2D eigenvalue weighted by molar-refractivity contribution is 5.82. The summed E-state index contributed by atoms with van der Waals surface area (Å²) in [7, 11) is 2.28. The number of H-pyrrole nitrogens is 1. The number of aromatic amines is 1. The smallest absolute Gasteiger partial charge is 0.255 e. The molecule has 24 heavy (non-hydrogen) atoms. The van der Waals surface area contributed by atoms with Crippen LogP contribution < -0.4 is 10.3 Å². The molecule has 0 bridgehead atoms. The molecule has 4 rings (SSSR count). The summed E-state index contributed by atoms with van der Waals surface area (Å²) in [5.74, 6) is 1.84. The Morgan fingerprint density at radius 2 is 1.92 bits per heavy atom. The molecule has 1 aromatic carbocycles. The Balaban J connectivity index is 1.35. The maximum atomic E-state index is 11.8. The summed E-state index contributed by atoms with van der Waals surface area (Å²) < 4.78 is 6.19. The summed E-state index contributed by atoms with van der Waals surface area (Å²) in [6, 6.07) is 8.41. The number of hydrogen-bond donors (Lipinski definition) is 1. The molecule has 2 fully saturated rings. The molecule has 128 valence electrons. The molecule has 2 saturated carbocycles. The van der Waals surface area contributed by atoms with E-state index in [0.29, 0.717) is 6.10 Å². The lowest BCUT2D eigenvalue weighted by Gasteiger charge is -2.34. The largest absolute Gasteiger partial charge is 0.490 e. The van der Waals surface area contributed by atoms with Gasteiger partial charge in [-0.15, -0.1) is 0 Å². The average molecular weight is 326 g/mol. The van der Waals surface area contributed by atoms with Gasteiger partial charge in [0.2, 0.25) is 0 Å². The van der Waals surface area contributed by atoms with Crippen LogP contribution in [-0.4, -0.2) is 35.6 Å². The molecule has 2 aliphatic rings. The van der Waals surface area contributed by atoms with Gasteiger partial charge in [-0.2, -0.15) is 0 Å². The van der Waals surface area contributed by atoms with Crippen LogP contribution in [0.4, 0.5) is 0 Å². The highest BCUT2D eigenvalue weighted by atomic mass is 16.5. The fourth-order valence-corrected chi connectivity index (χ4v) is 3.90. The van der Waals surface area contributed by atoms with Gasteiger partial charge >= 0.3 is 0 Å². The van der Waals surface area contributed by atoms with Gasteiger partial charge in [0.25, 0.3) is 5.56 Å². The molecule has 0 atom stereocenters. The normalized spacial score (nSPS) is 24.4. The van der Waals surface area contributed by atoms with Crippen molar-refractivity contribution in [2.75, 3.05) is 13.6 Å². The predicted molar refractivity (Wildman–Crippen MR) is 96.6 cm³/mol. The van der Waals surface area contributed by atoms with Crippen LogP contribution in [0.2, 0.25) is 0 Å². The fourth-order valence-electron chi connectivity index (χ4n) is 3.90. The molecule has 1 heterocycles. The fraction of sp³-hybridized carbons (Fsp3) is 0.550. The van der Waals surface area contributed by atoms with Crippen LogP contribution in [0.15, 0.2) is 35.3 Å². The highest BCUT2D eigenvalue weighted by Crippen LogP contribution is 2.32. The third-order valence-electron chi connectivity index (χ3n) is 5.56. The van der Waals surface area contributed by atoms with Gasteiger partial charge in [0.15, 0.2) is 0 Å². The molecule has 0 radical (unpaired) electrons. The Kier molecular flexibility index (Phi) is 4.31. The van der Waals surface area contributed by atoms with E-state index in [9.17, 15) is 4.79 Å². The molecular weight excluding hydrogens is 300 g/mol. The number of rotatable bonds is 5. The molecule has 2 aliphatic carbocycles. The van der Waals surface area contributed by atoms with Crippen molar-refractivity contribution in [1.82, 2.24) is 9.88 Å². The summed E-state index contributed by atoms with van der Waals surface area (Å²) in [5.41, 5.74) is -0.0433. The third-order valence-corrected chi connectivity index (χ3v) is 5.56. The van der Waals surface area contributed by atoms with Gasteiger partial charge in [-0.05, 0) is 81.1 Å². The van der Waals surface area contributed by atoms with Crippen LogP contribution in [0, 0.1) is 5.92 Å². The first-order valence-electron chi connectivity index (χ1n) is 9.17. The molecule has 4 heteroatoms. The van der Waals surface area contributed by atoms with Gasteiger partial charge < -0.3 is 14.6 Å². The standard InChI is InChI=1S/C20H26N2O2/c1-22(13-14-2-3-14)16-4-6-17(7-5-16)24-18-8-9-19-15(12-18)10-11-21-20(19)23/h8-12,14,16-17H,2-7,13H2,1H3,(H,21,23)/t16-,17-. The number of hydrogen-bond acceptors (Lipinski definition) is 3. The lowest BCUT2D eigenvalue weighted by Crippen LogP contribution is -2.38. The Hall–Kier alpha value is -1.81. The quantitative estimate of drug-likeness (QED) is 0.914. The maximum absolute atomic E-state index is 11.8. The third kappa shape index (κ3) is 3.48. The van der Waals surface area contributed by atoms with E-state index >= 15 is 0 Å². The Morgan fingerprint density at radius 1 is 1.12 bits per heavy atom. The second-order valence-electron chi connectivity index (χ2n) is 7.49. The molecule has 4 nitrogen and oxygen atoms in total. The molecule has 1 N–H and O–H groups in total. The lowest BCUT2D eigenvalue weighted by molar-refractivity contribution is 0.0988. The number of ether oxygens (including phenoxy) is 1.